The molecule has 0 unspecified atom stereocenters. The van der Waals surface area contributed by atoms with Gasteiger partial charge in [0.2, 0.25) is 5.90 Å². The summed E-state index contributed by atoms with van der Waals surface area (Å²) in [7, 11) is 1.40. The minimum Gasteiger partial charge on any atom is -0.493 e. The molecule has 8 heteroatoms. The first-order chi connectivity index (χ1) is 15.5. The van der Waals surface area contributed by atoms with Gasteiger partial charge in [0.25, 0.3) is 0 Å². The molecule has 3 aromatic carbocycles. The molecule has 1 heterocycles. The summed E-state index contributed by atoms with van der Waals surface area (Å²) in [6.07, 6.45) is 1.52. The largest absolute Gasteiger partial charge is 0.493 e. The van der Waals surface area contributed by atoms with Gasteiger partial charge in [-0.15, -0.1) is 0 Å². The summed E-state index contributed by atoms with van der Waals surface area (Å²) in [5.41, 5.74) is 1.13. The number of benzene rings is 3. The Morgan fingerprint density at radius 2 is 1.81 bits per heavy atom. The molecule has 6 nitrogen and oxygen atoms in total. The van der Waals surface area contributed by atoms with E-state index in [1.807, 2.05) is 18.2 Å². The number of carbonyl (C=O) groups excluding carboxylic acids is 2. The van der Waals surface area contributed by atoms with Crippen LogP contribution in [0.15, 0.2) is 81.9 Å². The fourth-order valence-corrected chi connectivity index (χ4v) is 3.51. The van der Waals surface area contributed by atoms with Gasteiger partial charge in [-0.05, 0) is 64.0 Å². The first-order valence-electron chi connectivity index (χ1n) is 9.38. The maximum absolute atomic E-state index is 13.9. The zero-order valence-electron chi connectivity index (χ0n) is 16.7. The molecule has 0 atom stereocenters. The second kappa shape index (κ2) is 9.15. The highest BCUT2D eigenvalue weighted by Crippen LogP contribution is 2.38. The van der Waals surface area contributed by atoms with Crippen molar-refractivity contribution in [1.29, 1.82) is 0 Å². The highest BCUT2D eigenvalue weighted by atomic mass is 79.9. The number of halogens is 2. The van der Waals surface area contributed by atoms with Gasteiger partial charge in [0, 0.05) is 5.56 Å². The standard InChI is InChI=1S/C24H15BrFNO5/c1-30-20-13-14(12-19-24(29)32-22(27-19)15-7-3-2-4-8-15)11-17(25)21(20)31-23(28)16-9-5-6-10-18(16)26/h2-13H,1H3. The van der Waals surface area contributed by atoms with Crippen molar-refractivity contribution in [2.45, 2.75) is 0 Å². The molecule has 0 amide bonds. The molecule has 0 N–H and O–H groups in total. The van der Waals surface area contributed by atoms with E-state index in [9.17, 15) is 14.0 Å². The lowest BCUT2D eigenvalue weighted by Crippen LogP contribution is -2.11. The van der Waals surface area contributed by atoms with Gasteiger partial charge in [-0.2, -0.15) is 0 Å². The molecule has 0 fully saturated rings. The normalized spacial score (nSPS) is 14.2. The number of rotatable bonds is 5. The number of cyclic esters (lactones) is 1. The minimum absolute atomic E-state index is 0.0744. The van der Waals surface area contributed by atoms with Crippen LogP contribution in [0.3, 0.4) is 0 Å². The van der Waals surface area contributed by atoms with Gasteiger partial charge in [-0.3, -0.25) is 0 Å². The number of hydrogen-bond acceptors (Lipinski definition) is 6. The Bertz CT molecular complexity index is 1270. The third-order valence-electron chi connectivity index (χ3n) is 4.48. The number of carbonyl (C=O) groups is 2. The summed E-state index contributed by atoms with van der Waals surface area (Å²) in [4.78, 5) is 28.9. The van der Waals surface area contributed by atoms with Gasteiger partial charge in [0.1, 0.15) is 5.82 Å². The van der Waals surface area contributed by atoms with Gasteiger partial charge in [-0.25, -0.2) is 19.0 Å². The predicted octanol–water partition coefficient (Wildman–Crippen LogP) is 5.16. The van der Waals surface area contributed by atoms with Gasteiger partial charge >= 0.3 is 11.9 Å². The highest BCUT2D eigenvalue weighted by molar-refractivity contribution is 9.10. The molecule has 1 aliphatic heterocycles. The van der Waals surface area contributed by atoms with E-state index >= 15 is 0 Å². The van der Waals surface area contributed by atoms with Crippen LogP contribution >= 0.6 is 15.9 Å². The third-order valence-corrected chi connectivity index (χ3v) is 5.07. The van der Waals surface area contributed by atoms with Crippen LogP contribution in [-0.2, 0) is 9.53 Å². The summed E-state index contributed by atoms with van der Waals surface area (Å²) in [5.74, 6) is -1.66. The number of esters is 2. The van der Waals surface area contributed by atoms with E-state index in [2.05, 4.69) is 20.9 Å². The summed E-state index contributed by atoms with van der Waals surface area (Å²) in [5, 5.41) is 0. The average Bonchev–Trinajstić information content (AvgIpc) is 3.16. The lowest BCUT2D eigenvalue weighted by atomic mass is 10.1. The maximum Gasteiger partial charge on any atom is 0.363 e. The fraction of sp³-hybridized carbons (Fsp3) is 0.0417. The molecule has 1 aliphatic rings. The first-order valence-corrected chi connectivity index (χ1v) is 10.2. The predicted molar refractivity (Wildman–Crippen MR) is 119 cm³/mol. The summed E-state index contributed by atoms with van der Waals surface area (Å²) < 4.78 is 30.2. The van der Waals surface area contributed by atoms with Crippen LogP contribution in [0.4, 0.5) is 4.39 Å². The van der Waals surface area contributed by atoms with Crippen LogP contribution in [0.2, 0.25) is 0 Å². The van der Waals surface area contributed by atoms with Gasteiger partial charge in [-0.1, -0.05) is 30.3 Å². The Kier molecular flexibility index (Phi) is 6.13. The molecule has 4 rings (SSSR count). The van der Waals surface area contributed by atoms with Crippen LogP contribution < -0.4 is 9.47 Å². The van der Waals surface area contributed by atoms with Gasteiger partial charge in [0.05, 0.1) is 17.1 Å². The first kappa shape index (κ1) is 21.5. The molecule has 0 aromatic heterocycles. The SMILES string of the molecule is COc1cc(C=C2N=C(c3ccccc3)OC2=O)cc(Br)c1OC(=O)c1ccccc1F. The molecular formula is C24H15BrFNO5. The molecule has 160 valence electrons. The topological polar surface area (TPSA) is 74.2 Å². The van der Waals surface area contributed by atoms with Crippen LogP contribution in [-0.4, -0.2) is 24.9 Å². The summed E-state index contributed by atoms with van der Waals surface area (Å²) in [6, 6.07) is 17.7. The maximum atomic E-state index is 13.9. The lowest BCUT2D eigenvalue weighted by molar-refractivity contribution is -0.129. The lowest BCUT2D eigenvalue weighted by Gasteiger charge is -2.12. The van der Waals surface area contributed by atoms with Gasteiger partial charge < -0.3 is 14.2 Å². The smallest absolute Gasteiger partial charge is 0.363 e. The van der Waals surface area contributed by atoms with E-state index in [1.165, 1.54) is 37.5 Å². The van der Waals surface area contributed by atoms with Gasteiger partial charge in [0.15, 0.2) is 17.2 Å². The third kappa shape index (κ3) is 4.45. The second-order valence-corrected chi connectivity index (χ2v) is 7.46. The molecule has 32 heavy (non-hydrogen) atoms. The van der Waals surface area contributed by atoms with E-state index < -0.39 is 17.8 Å². The number of methoxy groups -OCH3 is 1. The number of ether oxygens (including phenoxy) is 3. The van der Waals surface area contributed by atoms with Crippen molar-refractivity contribution in [3.8, 4) is 11.5 Å². The fourth-order valence-electron chi connectivity index (χ4n) is 2.97. The van der Waals surface area contributed by atoms with Crippen molar-refractivity contribution >= 4 is 39.8 Å². The van der Waals surface area contributed by atoms with Crippen molar-refractivity contribution < 1.29 is 28.2 Å². The van der Waals surface area contributed by atoms with Crippen LogP contribution in [0.25, 0.3) is 6.08 Å². The second-order valence-electron chi connectivity index (χ2n) is 6.61. The highest BCUT2D eigenvalue weighted by Gasteiger charge is 2.25. The Morgan fingerprint density at radius 1 is 1.09 bits per heavy atom. The van der Waals surface area contributed by atoms with Crippen LogP contribution in [0, 0.1) is 5.82 Å². The Labute approximate surface area is 191 Å². The number of nitrogens with zero attached hydrogens (tertiary/aromatic N) is 1. The van der Waals surface area contributed by atoms with E-state index in [0.717, 1.165) is 0 Å². The van der Waals surface area contributed by atoms with Crippen molar-refractivity contribution in [3.63, 3.8) is 0 Å². The number of aliphatic imine (C=N–C) groups is 1. The average molecular weight is 496 g/mol. The van der Waals surface area contributed by atoms with E-state index in [-0.39, 0.29) is 28.7 Å². The minimum atomic E-state index is -0.871. The van der Waals surface area contributed by atoms with Crippen molar-refractivity contribution in [2.75, 3.05) is 7.11 Å². The molecule has 0 spiro atoms. The molecule has 0 saturated carbocycles. The van der Waals surface area contributed by atoms with Crippen LogP contribution in [0.1, 0.15) is 21.5 Å². The quantitative estimate of drug-likeness (QED) is 0.277. The Balaban J connectivity index is 1.64. The zero-order chi connectivity index (χ0) is 22.7. The van der Waals surface area contributed by atoms with E-state index in [1.54, 1.807) is 24.3 Å². The monoisotopic (exact) mass is 495 g/mol. The molecule has 0 saturated heterocycles. The summed E-state index contributed by atoms with van der Waals surface area (Å²) in [6.45, 7) is 0. The van der Waals surface area contributed by atoms with Crippen molar-refractivity contribution in [1.82, 2.24) is 0 Å². The van der Waals surface area contributed by atoms with E-state index in [4.69, 9.17) is 14.2 Å². The van der Waals surface area contributed by atoms with Crippen LogP contribution in [0.5, 0.6) is 11.5 Å². The Hall–Kier alpha value is -3.78. The number of hydrogen-bond donors (Lipinski definition) is 0. The molecule has 3 aromatic rings. The summed E-state index contributed by atoms with van der Waals surface area (Å²) >= 11 is 3.34. The van der Waals surface area contributed by atoms with E-state index in [0.29, 0.717) is 15.6 Å². The Morgan fingerprint density at radius 3 is 2.53 bits per heavy atom. The molecule has 0 aliphatic carbocycles. The molecular weight excluding hydrogens is 481 g/mol. The van der Waals surface area contributed by atoms with Crippen molar-refractivity contribution in [3.05, 3.63) is 99.4 Å². The molecule has 0 bridgehead atoms. The van der Waals surface area contributed by atoms with Crippen molar-refractivity contribution in [2.24, 2.45) is 4.99 Å². The zero-order valence-corrected chi connectivity index (χ0v) is 18.3. The molecule has 0 radical (unpaired) electrons.